The van der Waals surface area contributed by atoms with Crippen LogP contribution < -0.4 is 16.8 Å². The summed E-state index contributed by atoms with van der Waals surface area (Å²) in [6, 6.07) is 8.00. The number of rotatable bonds is 7. The van der Waals surface area contributed by atoms with E-state index in [2.05, 4.69) is 39.2 Å². The minimum atomic E-state index is -0.367. The second-order valence-corrected chi connectivity index (χ2v) is 8.50. The van der Waals surface area contributed by atoms with E-state index in [1.54, 1.807) is 0 Å². The van der Waals surface area contributed by atoms with Crippen molar-refractivity contribution in [3.63, 3.8) is 0 Å². The molecule has 0 aliphatic carbocycles. The number of nitrogens with two attached hydrogens (primary N) is 2. The van der Waals surface area contributed by atoms with Gasteiger partial charge in [-0.1, -0.05) is 48.7 Å². The van der Waals surface area contributed by atoms with E-state index < -0.39 is 0 Å². The van der Waals surface area contributed by atoms with Crippen LogP contribution in [0.1, 0.15) is 42.2 Å². The van der Waals surface area contributed by atoms with Crippen molar-refractivity contribution in [1.82, 2.24) is 20.2 Å². The smallest absolute Gasteiger partial charge is 0.274 e. The number of hydrogen-bond acceptors (Lipinski definition) is 6. The SMILES string of the molecule is CCC1CCN(CCCc2ccc(Cl)cc2)CC1NC(=O)c1nc(Cl)c(N)nc1N. The van der Waals surface area contributed by atoms with Gasteiger partial charge in [-0.25, -0.2) is 9.97 Å². The van der Waals surface area contributed by atoms with E-state index in [9.17, 15) is 4.79 Å². The molecule has 2 heterocycles. The lowest BCUT2D eigenvalue weighted by Crippen LogP contribution is -2.52. The predicted octanol–water partition coefficient (Wildman–Crippen LogP) is 3.41. The number of nitrogens with one attached hydrogen (secondary N) is 1. The Balaban J connectivity index is 1.58. The van der Waals surface area contributed by atoms with Crippen LogP contribution in [0.4, 0.5) is 11.6 Å². The van der Waals surface area contributed by atoms with E-state index in [1.807, 2.05) is 12.1 Å². The molecule has 5 N–H and O–H groups in total. The summed E-state index contributed by atoms with van der Waals surface area (Å²) >= 11 is 11.9. The third-order valence-electron chi connectivity index (χ3n) is 5.65. The summed E-state index contributed by atoms with van der Waals surface area (Å²) in [4.78, 5) is 23.1. The first-order chi connectivity index (χ1) is 14.4. The number of likely N-dealkylation sites (tertiary alicyclic amines) is 1. The summed E-state index contributed by atoms with van der Waals surface area (Å²) in [6.07, 6.45) is 4.07. The minimum Gasteiger partial charge on any atom is -0.382 e. The summed E-state index contributed by atoms with van der Waals surface area (Å²) in [5.41, 5.74) is 12.7. The van der Waals surface area contributed by atoms with Crippen LogP contribution in [0.2, 0.25) is 10.2 Å². The van der Waals surface area contributed by atoms with Gasteiger partial charge in [-0.2, -0.15) is 0 Å². The molecule has 0 saturated carbocycles. The monoisotopic (exact) mass is 450 g/mol. The maximum atomic E-state index is 12.8. The van der Waals surface area contributed by atoms with Gasteiger partial charge in [-0.3, -0.25) is 4.79 Å². The van der Waals surface area contributed by atoms with Gasteiger partial charge in [0, 0.05) is 17.6 Å². The molecule has 3 rings (SSSR count). The lowest BCUT2D eigenvalue weighted by Gasteiger charge is -2.38. The number of aromatic nitrogens is 2. The first-order valence-electron chi connectivity index (χ1n) is 10.2. The first-order valence-corrected chi connectivity index (χ1v) is 11.0. The van der Waals surface area contributed by atoms with Gasteiger partial charge in [-0.15, -0.1) is 0 Å². The Kier molecular flexibility index (Phi) is 7.75. The Bertz CT molecular complexity index is 877. The molecule has 1 saturated heterocycles. The predicted molar refractivity (Wildman–Crippen MR) is 122 cm³/mol. The first kappa shape index (κ1) is 22.6. The van der Waals surface area contributed by atoms with E-state index in [0.29, 0.717) is 5.92 Å². The average Bonchev–Trinajstić information content (AvgIpc) is 2.72. The van der Waals surface area contributed by atoms with Gasteiger partial charge in [0.2, 0.25) is 0 Å². The molecule has 1 aromatic carbocycles. The molecule has 2 atom stereocenters. The second-order valence-electron chi connectivity index (χ2n) is 7.70. The number of piperidine rings is 1. The molecule has 1 aromatic heterocycles. The molecule has 0 spiro atoms. The third-order valence-corrected chi connectivity index (χ3v) is 6.18. The second kappa shape index (κ2) is 10.3. The summed E-state index contributed by atoms with van der Waals surface area (Å²) in [7, 11) is 0. The van der Waals surface area contributed by atoms with Crippen LogP contribution in [0.25, 0.3) is 0 Å². The van der Waals surface area contributed by atoms with Crippen LogP contribution >= 0.6 is 23.2 Å². The Morgan fingerprint density at radius 1 is 1.20 bits per heavy atom. The maximum absolute atomic E-state index is 12.8. The molecule has 9 heteroatoms. The highest BCUT2D eigenvalue weighted by Crippen LogP contribution is 2.23. The van der Waals surface area contributed by atoms with E-state index in [0.717, 1.165) is 50.3 Å². The van der Waals surface area contributed by atoms with E-state index >= 15 is 0 Å². The van der Waals surface area contributed by atoms with E-state index in [4.69, 9.17) is 34.7 Å². The number of nitrogens with zero attached hydrogens (tertiary/aromatic N) is 3. The van der Waals surface area contributed by atoms with Crippen molar-refractivity contribution >= 4 is 40.7 Å². The van der Waals surface area contributed by atoms with Crippen LogP contribution in [0.5, 0.6) is 0 Å². The van der Waals surface area contributed by atoms with Crippen molar-refractivity contribution in [2.24, 2.45) is 5.92 Å². The molecule has 0 radical (unpaired) electrons. The number of benzene rings is 1. The van der Waals surface area contributed by atoms with Crippen molar-refractivity contribution in [3.8, 4) is 0 Å². The average molecular weight is 451 g/mol. The van der Waals surface area contributed by atoms with Crippen molar-refractivity contribution in [3.05, 3.63) is 45.7 Å². The molecule has 1 amide bonds. The van der Waals surface area contributed by atoms with Crippen molar-refractivity contribution in [1.29, 1.82) is 0 Å². The quantitative estimate of drug-likeness (QED) is 0.595. The number of carbonyl (C=O) groups excluding carboxylic acids is 1. The molecule has 2 unspecified atom stereocenters. The number of amides is 1. The normalized spacial score (nSPS) is 19.6. The van der Waals surface area contributed by atoms with Crippen molar-refractivity contribution < 1.29 is 4.79 Å². The molecule has 0 bridgehead atoms. The number of nitrogen functional groups attached to an aromatic ring is 2. The Hall–Kier alpha value is -2.09. The van der Waals surface area contributed by atoms with Crippen LogP contribution in [0, 0.1) is 5.92 Å². The highest BCUT2D eigenvalue weighted by Gasteiger charge is 2.30. The summed E-state index contributed by atoms with van der Waals surface area (Å²) in [5.74, 6) is 0.0352. The fourth-order valence-corrected chi connectivity index (χ4v) is 4.18. The van der Waals surface area contributed by atoms with Crippen molar-refractivity contribution in [2.45, 2.75) is 38.6 Å². The largest absolute Gasteiger partial charge is 0.382 e. The van der Waals surface area contributed by atoms with Crippen LogP contribution in [-0.2, 0) is 6.42 Å². The van der Waals surface area contributed by atoms with Crippen LogP contribution in [-0.4, -0.2) is 46.5 Å². The van der Waals surface area contributed by atoms with Gasteiger partial charge in [-0.05, 0) is 56.0 Å². The van der Waals surface area contributed by atoms with Gasteiger partial charge >= 0.3 is 0 Å². The maximum Gasteiger partial charge on any atom is 0.274 e. The molecule has 1 aliphatic rings. The van der Waals surface area contributed by atoms with Gasteiger partial charge < -0.3 is 21.7 Å². The van der Waals surface area contributed by atoms with Crippen LogP contribution in [0.15, 0.2) is 24.3 Å². The lowest BCUT2D eigenvalue weighted by molar-refractivity contribution is 0.0839. The fraction of sp³-hybridized carbons (Fsp3) is 0.476. The third kappa shape index (κ3) is 5.74. The van der Waals surface area contributed by atoms with Gasteiger partial charge in [0.25, 0.3) is 5.91 Å². The van der Waals surface area contributed by atoms with Crippen molar-refractivity contribution in [2.75, 3.05) is 31.1 Å². The number of halogens is 2. The molecule has 7 nitrogen and oxygen atoms in total. The molecule has 1 fully saturated rings. The number of hydrogen-bond donors (Lipinski definition) is 3. The topological polar surface area (TPSA) is 110 Å². The minimum absolute atomic E-state index is 0.0154. The molecule has 1 aliphatic heterocycles. The highest BCUT2D eigenvalue weighted by molar-refractivity contribution is 6.31. The van der Waals surface area contributed by atoms with E-state index in [1.165, 1.54) is 5.56 Å². The Labute approximate surface area is 187 Å². The van der Waals surface area contributed by atoms with Gasteiger partial charge in [0.05, 0.1) is 0 Å². The molecular formula is C21H28Cl2N6O. The number of anilines is 2. The zero-order valence-electron chi connectivity index (χ0n) is 17.1. The van der Waals surface area contributed by atoms with E-state index in [-0.39, 0.29) is 34.4 Å². The highest BCUT2D eigenvalue weighted by atomic mass is 35.5. The van der Waals surface area contributed by atoms with Gasteiger partial charge in [0.15, 0.2) is 22.5 Å². The molecule has 30 heavy (non-hydrogen) atoms. The molecule has 162 valence electrons. The summed E-state index contributed by atoms with van der Waals surface area (Å²) in [6.45, 7) is 4.94. The number of carbonyl (C=O) groups is 1. The Morgan fingerprint density at radius 3 is 2.63 bits per heavy atom. The fourth-order valence-electron chi connectivity index (χ4n) is 3.93. The molecule has 2 aromatic rings. The summed E-state index contributed by atoms with van der Waals surface area (Å²) < 4.78 is 0. The zero-order chi connectivity index (χ0) is 21.7. The zero-order valence-corrected chi connectivity index (χ0v) is 18.6. The molecular weight excluding hydrogens is 423 g/mol. The Morgan fingerprint density at radius 2 is 1.93 bits per heavy atom. The van der Waals surface area contributed by atoms with Gasteiger partial charge in [0.1, 0.15) is 0 Å². The standard InChI is InChI=1S/C21H28Cl2N6O/c1-2-14-9-11-29(10-3-4-13-5-7-15(22)8-6-13)12-16(14)26-21(30)17-19(24)28-20(25)18(23)27-17/h5-8,14,16H,2-4,9-12H2,1H3,(H,26,30)(H4,24,25,28). The lowest BCUT2D eigenvalue weighted by atomic mass is 9.89. The number of aryl methyl sites for hydroxylation is 1. The summed E-state index contributed by atoms with van der Waals surface area (Å²) in [5, 5.41) is 3.83. The van der Waals surface area contributed by atoms with Crippen LogP contribution in [0.3, 0.4) is 0 Å².